The Morgan fingerprint density at radius 3 is 2.62 bits per heavy atom. The van der Waals surface area contributed by atoms with Crippen LogP contribution in [-0.2, 0) is 0 Å². The first-order chi connectivity index (χ1) is 6.31. The van der Waals surface area contributed by atoms with Gasteiger partial charge in [-0.2, -0.15) is 12.6 Å². The zero-order chi connectivity index (χ0) is 9.68. The lowest BCUT2D eigenvalue weighted by Crippen LogP contribution is -2.37. The minimum atomic E-state index is 0.801. The Balaban J connectivity index is 2.30. The molecule has 1 aliphatic heterocycles. The summed E-state index contributed by atoms with van der Waals surface area (Å²) in [6, 6.07) is 0.801. The molecule has 0 radical (unpaired) electrons. The van der Waals surface area contributed by atoms with Gasteiger partial charge in [0.05, 0.1) is 0 Å². The lowest BCUT2D eigenvalue weighted by Gasteiger charge is -2.26. The van der Waals surface area contributed by atoms with Crippen LogP contribution in [0.25, 0.3) is 0 Å². The van der Waals surface area contributed by atoms with Gasteiger partial charge in [-0.05, 0) is 26.1 Å². The zero-order valence-electron chi connectivity index (χ0n) is 8.87. The van der Waals surface area contributed by atoms with E-state index in [9.17, 15) is 0 Å². The van der Waals surface area contributed by atoms with E-state index in [1.54, 1.807) is 0 Å². The molecule has 0 spiro atoms. The van der Waals surface area contributed by atoms with Crippen molar-refractivity contribution in [1.82, 2.24) is 9.80 Å². The van der Waals surface area contributed by atoms with E-state index in [0.29, 0.717) is 0 Å². The first kappa shape index (κ1) is 11.3. The summed E-state index contributed by atoms with van der Waals surface area (Å²) >= 11 is 4.27. The molecule has 3 heteroatoms. The van der Waals surface area contributed by atoms with Crippen LogP contribution in [0.3, 0.4) is 0 Å². The van der Waals surface area contributed by atoms with E-state index in [2.05, 4.69) is 36.3 Å². The minimum absolute atomic E-state index is 0.801. The molecule has 1 fully saturated rings. The third kappa shape index (κ3) is 3.15. The third-order valence-corrected chi connectivity index (χ3v) is 3.19. The van der Waals surface area contributed by atoms with Crippen molar-refractivity contribution in [3.05, 3.63) is 0 Å². The van der Waals surface area contributed by atoms with Gasteiger partial charge in [0.15, 0.2) is 0 Å². The van der Waals surface area contributed by atoms with Gasteiger partial charge in [-0.1, -0.05) is 13.8 Å². The Bertz CT molecular complexity index is 137. The second kappa shape index (κ2) is 5.89. The summed E-state index contributed by atoms with van der Waals surface area (Å²) in [5.41, 5.74) is 0. The summed E-state index contributed by atoms with van der Waals surface area (Å²) < 4.78 is 0. The normalized spacial score (nSPS) is 24.5. The van der Waals surface area contributed by atoms with Gasteiger partial charge in [0.25, 0.3) is 0 Å². The fourth-order valence-electron chi connectivity index (χ4n) is 2.19. The number of hydrogen-bond acceptors (Lipinski definition) is 3. The molecule has 1 aliphatic rings. The molecule has 0 aromatic heterocycles. The molecule has 1 atom stereocenters. The van der Waals surface area contributed by atoms with Crippen molar-refractivity contribution in [3.8, 4) is 0 Å². The number of hydrogen-bond donors (Lipinski definition) is 1. The summed E-state index contributed by atoms with van der Waals surface area (Å²) in [6.07, 6.45) is 1.34. The van der Waals surface area contributed by atoms with Crippen molar-refractivity contribution in [3.63, 3.8) is 0 Å². The minimum Gasteiger partial charge on any atom is -0.301 e. The summed E-state index contributed by atoms with van der Waals surface area (Å²) in [4.78, 5) is 5.09. The predicted octanol–water partition coefficient (Wildman–Crippen LogP) is 1.33. The van der Waals surface area contributed by atoms with Crippen molar-refractivity contribution >= 4 is 12.6 Å². The predicted molar refractivity (Wildman–Crippen MR) is 61.6 cm³/mol. The lowest BCUT2D eigenvalue weighted by atomic mass is 10.2. The topological polar surface area (TPSA) is 6.48 Å². The van der Waals surface area contributed by atoms with E-state index >= 15 is 0 Å². The van der Waals surface area contributed by atoms with Gasteiger partial charge in [0.2, 0.25) is 0 Å². The van der Waals surface area contributed by atoms with Crippen LogP contribution in [0.5, 0.6) is 0 Å². The smallest absolute Gasteiger partial charge is 0.0235 e. The zero-order valence-corrected chi connectivity index (χ0v) is 9.76. The van der Waals surface area contributed by atoms with Gasteiger partial charge in [0, 0.05) is 24.9 Å². The summed E-state index contributed by atoms with van der Waals surface area (Å²) in [6.45, 7) is 10.6. The van der Waals surface area contributed by atoms with Gasteiger partial charge >= 0.3 is 0 Å². The maximum Gasteiger partial charge on any atom is 0.0235 e. The molecule has 0 aromatic carbocycles. The van der Waals surface area contributed by atoms with Crippen molar-refractivity contribution in [1.29, 1.82) is 0 Å². The molecular weight excluding hydrogens is 180 g/mol. The molecule has 78 valence electrons. The highest BCUT2D eigenvalue weighted by Crippen LogP contribution is 2.14. The van der Waals surface area contributed by atoms with Crippen molar-refractivity contribution in [2.75, 3.05) is 38.5 Å². The molecule has 2 nitrogen and oxygen atoms in total. The molecule has 1 rings (SSSR count). The highest BCUT2D eigenvalue weighted by atomic mass is 32.1. The lowest BCUT2D eigenvalue weighted by molar-refractivity contribution is 0.213. The molecule has 1 unspecified atom stereocenters. The Labute approximate surface area is 87.7 Å². The quantitative estimate of drug-likeness (QED) is 0.672. The molecule has 13 heavy (non-hydrogen) atoms. The van der Waals surface area contributed by atoms with E-state index in [1.807, 2.05) is 0 Å². The Morgan fingerprint density at radius 2 is 2.08 bits per heavy atom. The van der Waals surface area contributed by atoms with Gasteiger partial charge in [0.1, 0.15) is 0 Å². The first-order valence-corrected chi connectivity index (χ1v) is 6.02. The molecule has 0 N–H and O–H groups in total. The average Bonchev–Trinajstić information content (AvgIpc) is 2.56. The van der Waals surface area contributed by atoms with Crippen molar-refractivity contribution in [2.45, 2.75) is 26.3 Å². The molecule has 1 saturated heterocycles. The van der Waals surface area contributed by atoms with Crippen molar-refractivity contribution < 1.29 is 0 Å². The molecular formula is C10H22N2S. The monoisotopic (exact) mass is 202 g/mol. The van der Waals surface area contributed by atoms with Crippen LogP contribution in [0.15, 0.2) is 0 Å². The third-order valence-electron chi connectivity index (χ3n) is 2.99. The van der Waals surface area contributed by atoms with Crippen LogP contribution in [0, 0.1) is 0 Å². The second-order valence-corrected chi connectivity index (χ2v) is 4.14. The van der Waals surface area contributed by atoms with Gasteiger partial charge < -0.3 is 4.90 Å². The largest absolute Gasteiger partial charge is 0.301 e. The number of likely N-dealkylation sites (tertiary alicyclic amines) is 1. The number of likely N-dealkylation sites (N-methyl/N-ethyl adjacent to an activating group) is 1. The fourth-order valence-corrected chi connectivity index (χ4v) is 2.48. The summed E-state index contributed by atoms with van der Waals surface area (Å²) in [5.74, 6) is 0.991. The van der Waals surface area contributed by atoms with E-state index < -0.39 is 0 Å². The highest BCUT2D eigenvalue weighted by molar-refractivity contribution is 7.80. The summed E-state index contributed by atoms with van der Waals surface area (Å²) in [7, 11) is 0. The maximum atomic E-state index is 4.27. The van der Waals surface area contributed by atoms with E-state index in [0.717, 1.165) is 18.3 Å². The Kier molecular flexibility index (Phi) is 5.14. The van der Waals surface area contributed by atoms with Crippen LogP contribution >= 0.6 is 12.6 Å². The Hall–Kier alpha value is 0.270. The van der Waals surface area contributed by atoms with Crippen LogP contribution in [0.2, 0.25) is 0 Å². The van der Waals surface area contributed by atoms with Crippen LogP contribution in [0.4, 0.5) is 0 Å². The molecule has 1 heterocycles. The molecule has 0 saturated carbocycles. The average molecular weight is 202 g/mol. The van der Waals surface area contributed by atoms with Gasteiger partial charge in [-0.25, -0.2) is 0 Å². The SMILES string of the molecule is CCN(CC)C1CCN(CCS)C1. The molecule has 0 aliphatic carbocycles. The fraction of sp³-hybridized carbons (Fsp3) is 1.00. The van der Waals surface area contributed by atoms with E-state index in [1.165, 1.54) is 32.6 Å². The van der Waals surface area contributed by atoms with Gasteiger partial charge in [-0.3, -0.25) is 4.90 Å². The number of nitrogens with zero attached hydrogens (tertiary/aromatic N) is 2. The second-order valence-electron chi connectivity index (χ2n) is 3.69. The molecule has 0 bridgehead atoms. The summed E-state index contributed by atoms with van der Waals surface area (Å²) in [5, 5.41) is 0. The van der Waals surface area contributed by atoms with Gasteiger partial charge in [-0.15, -0.1) is 0 Å². The first-order valence-electron chi connectivity index (χ1n) is 5.39. The number of rotatable bonds is 5. The highest BCUT2D eigenvalue weighted by Gasteiger charge is 2.25. The standard InChI is InChI=1S/C10H22N2S/c1-3-12(4-2)10-5-6-11(9-10)7-8-13/h10,13H,3-9H2,1-2H3. The van der Waals surface area contributed by atoms with Crippen LogP contribution in [0.1, 0.15) is 20.3 Å². The number of thiol groups is 1. The van der Waals surface area contributed by atoms with E-state index in [4.69, 9.17) is 0 Å². The molecule has 0 amide bonds. The van der Waals surface area contributed by atoms with Crippen LogP contribution < -0.4 is 0 Å². The molecule has 0 aromatic rings. The maximum absolute atomic E-state index is 4.27. The van der Waals surface area contributed by atoms with E-state index in [-0.39, 0.29) is 0 Å². The van der Waals surface area contributed by atoms with Crippen LogP contribution in [-0.4, -0.2) is 54.3 Å². The Morgan fingerprint density at radius 1 is 1.38 bits per heavy atom. The van der Waals surface area contributed by atoms with Crippen molar-refractivity contribution in [2.24, 2.45) is 0 Å².